The van der Waals surface area contributed by atoms with Gasteiger partial charge >= 0.3 is 0 Å². The van der Waals surface area contributed by atoms with Crippen LogP contribution in [0.5, 0.6) is 0 Å². The number of nitrogen functional groups attached to an aromatic ring is 2. The highest BCUT2D eigenvalue weighted by molar-refractivity contribution is 6.29. The number of pyridine rings is 1. The van der Waals surface area contributed by atoms with E-state index in [0.717, 1.165) is 11.4 Å². The van der Waals surface area contributed by atoms with Crippen LogP contribution in [-0.4, -0.2) is 27.4 Å². The second-order valence-electron chi connectivity index (χ2n) is 4.34. The Kier molecular flexibility index (Phi) is 2.90. The Morgan fingerprint density at radius 1 is 1.30 bits per heavy atom. The van der Waals surface area contributed by atoms with Gasteiger partial charge in [0.15, 0.2) is 11.5 Å². The van der Waals surface area contributed by atoms with E-state index in [4.69, 9.17) is 23.1 Å². The van der Waals surface area contributed by atoms with Gasteiger partial charge in [0.2, 0.25) is 0 Å². The van der Waals surface area contributed by atoms with Gasteiger partial charge in [-0.2, -0.15) is 0 Å². The van der Waals surface area contributed by atoms with Gasteiger partial charge in [0.25, 0.3) is 5.91 Å². The van der Waals surface area contributed by atoms with Crippen LogP contribution in [0.1, 0.15) is 16.2 Å². The standard InChI is InChI=1S/C12H11ClN6O/c13-8-5-16-10(11(15)18-8)12(20)19-4-3-6-7(19)1-2-9(14)17-6/h1-2,5H,3-4H2,(H2,14,17)(H2,15,18). The summed E-state index contributed by atoms with van der Waals surface area (Å²) < 4.78 is 0. The second kappa shape index (κ2) is 4.61. The fourth-order valence-electron chi connectivity index (χ4n) is 2.16. The molecule has 0 fully saturated rings. The molecule has 1 amide bonds. The van der Waals surface area contributed by atoms with E-state index in [2.05, 4.69) is 15.0 Å². The minimum Gasteiger partial charge on any atom is -0.384 e. The quantitative estimate of drug-likeness (QED) is 0.807. The lowest BCUT2D eigenvalue weighted by Gasteiger charge is -2.17. The molecule has 0 unspecified atom stereocenters. The third kappa shape index (κ3) is 2.01. The summed E-state index contributed by atoms with van der Waals surface area (Å²) in [7, 11) is 0. The Labute approximate surface area is 119 Å². The number of hydrogen-bond acceptors (Lipinski definition) is 6. The van der Waals surface area contributed by atoms with Crippen LogP contribution in [-0.2, 0) is 6.42 Å². The van der Waals surface area contributed by atoms with Gasteiger partial charge in [-0.3, -0.25) is 4.79 Å². The Morgan fingerprint density at radius 3 is 2.85 bits per heavy atom. The van der Waals surface area contributed by atoms with E-state index >= 15 is 0 Å². The van der Waals surface area contributed by atoms with Crippen molar-refractivity contribution in [3.63, 3.8) is 0 Å². The third-order valence-corrected chi connectivity index (χ3v) is 3.23. The highest BCUT2D eigenvalue weighted by atomic mass is 35.5. The van der Waals surface area contributed by atoms with Crippen LogP contribution >= 0.6 is 11.6 Å². The molecule has 8 heteroatoms. The number of halogens is 1. The number of carbonyl (C=O) groups excluding carboxylic acids is 1. The number of amides is 1. The zero-order valence-electron chi connectivity index (χ0n) is 10.4. The third-order valence-electron chi connectivity index (χ3n) is 3.05. The van der Waals surface area contributed by atoms with Gasteiger partial charge in [-0.15, -0.1) is 0 Å². The molecule has 1 aliphatic rings. The van der Waals surface area contributed by atoms with E-state index in [0.29, 0.717) is 18.8 Å². The molecule has 0 aromatic carbocycles. The summed E-state index contributed by atoms with van der Waals surface area (Å²) in [6, 6.07) is 3.42. The number of rotatable bonds is 1. The van der Waals surface area contributed by atoms with E-state index in [1.165, 1.54) is 6.20 Å². The molecule has 102 valence electrons. The predicted molar refractivity (Wildman–Crippen MR) is 75.5 cm³/mol. The fraction of sp³-hybridized carbons (Fsp3) is 0.167. The Morgan fingerprint density at radius 2 is 2.10 bits per heavy atom. The van der Waals surface area contributed by atoms with Crippen molar-refractivity contribution >= 4 is 34.8 Å². The maximum atomic E-state index is 12.5. The van der Waals surface area contributed by atoms with Crippen molar-refractivity contribution in [2.24, 2.45) is 0 Å². The highest BCUT2D eigenvalue weighted by Crippen LogP contribution is 2.29. The van der Waals surface area contributed by atoms with Crippen molar-refractivity contribution in [2.75, 3.05) is 22.9 Å². The number of nitrogens with two attached hydrogens (primary N) is 2. The normalized spacial score (nSPS) is 13.3. The maximum absolute atomic E-state index is 12.5. The van der Waals surface area contributed by atoms with Crippen LogP contribution in [0.25, 0.3) is 0 Å². The van der Waals surface area contributed by atoms with Crippen molar-refractivity contribution in [1.82, 2.24) is 15.0 Å². The molecule has 2 aromatic rings. The first kappa shape index (κ1) is 12.6. The van der Waals surface area contributed by atoms with Crippen molar-refractivity contribution < 1.29 is 4.79 Å². The van der Waals surface area contributed by atoms with E-state index in [1.807, 2.05) is 0 Å². The molecular weight excluding hydrogens is 280 g/mol. The molecule has 1 aliphatic heterocycles. The zero-order valence-corrected chi connectivity index (χ0v) is 11.1. The molecule has 3 rings (SSSR count). The maximum Gasteiger partial charge on any atom is 0.280 e. The average molecular weight is 291 g/mol. The van der Waals surface area contributed by atoms with Gasteiger partial charge in [0.1, 0.15) is 11.0 Å². The summed E-state index contributed by atoms with van der Waals surface area (Å²) in [5, 5.41) is 0.148. The first-order valence-electron chi connectivity index (χ1n) is 5.91. The number of fused-ring (bicyclic) bond motifs is 1. The molecule has 0 radical (unpaired) electrons. The van der Waals surface area contributed by atoms with E-state index in [9.17, 15) is 4.79 Å². The molecule has 0 aliphatic carbocycles. The Hall–Kier alpha value is -2.41. The number of aromatic nitrogens is 3. The summed E-state index contributed by atoms with van der Waals surface area (Å²) in [4.78, 5) is 26.0. The molecule has 2 aromatic heterocycles. The predicted octanol–water partition coefficient (Wildman–Crippen LogP) is 0.892. The van der Waals surface area contributed by atoms with Crippen LogP contribution in [0.3, 0.4) is 0 Å². The lowest BCUT2D eigenvalue weighted by Crippen LogP contribution is -2.30. The largest absolute Gasteiger partial charge is 0.384 e. The Bertz CT molecular complexity index is 704. The first-order valence-corrected chi connectivity index (χ1v) is 6.29. The molecule has 0 bridgehead atoms. The van der Waals surface area contributed by atoms with Crippen LogP contribution in [0.15, 0.2) is 18.3 Å². The summed E-state index contributed by atoms with van der Waals surface area (Å²) in [6.45, 7) is 0.508. The highest BCUT2D eigenvalue weighted by Gasteiger charge is 2.29. The van der Waals surface area contributed by atoms with Crippen LogP contribution in [0, 0.1) is 0 Å². The lowest BCUT2D eigenvalue weighted by atomic mass is 10.3. The van der Waals surface area contributed by atoms with E-state index in [-0.39, 0.29) is 22.6 Å². The Balaban J connectivity index is 1.97. The molecule has 7 nitrogen and oxygen atoms in total. The van der Waals surface area contributed by atoms with E-state index in [1.54, 1.807) is 17.0 Å². The summed E-state index contributed by atoms with van der Waals surface area (Å²) in [5.41, 5.74) is 12.9. The van der Waals surface area contributed by atoms with Crippen LogP contribution < -0.4 is 16.4 Å². The number of nitrogens with zero attached hydrogens (tertiary/aromatic N) is 4. The summed E-state index contributed by atoms with van der Waals surface area (Å²) in [6.07, 6.45) is 1.94. The average Bonchev–Trinajstić information content (AvgIpc) is 2.80. The molecule has 0 atom stereocenters. The lowest BCUT2D eigenvalue weighted by molar-refractivity contribution is 0.0985. The van der Waals surface area contributed by atoms with Gasteiger partial charge in [-0.05, 0) is 12.1 Å². The van der Waals surface area contributed by atoms with Crippen LogP contribution in [0.4, 0.5) is 17.3 Å². The molecule has 0 saturated heterocycles. The van der Waals surface area contributed by atoms with E-state index < -0.39 is 0 Å². The van der Waals surface area contributed by atoms with Crippen molar-refractivity contribution in [2.45, 2.75) is 6.42 Å². The van der Waals surface area contributed by atoms with Gasteiger partial charge in [-0.1, -0.05) is 11.6 Å². The van der Waals surface area contributed by atoms with Gasteiger partial charge in [0.05, 0.1) is 17.6 Å². The monoisotopic (exact) mass is 290 g/mol. The minimum atomic E-state index is -0.322. The number of carbonyl (C=O) groups is 1. The molecule has 20 heavy (non-hydrogen) atoms. The summed E-state index contributed by atoms with van der Waals surface area (Å²) >= 11 is 5.68. The van der Waals surface area contributed by atoms with Crippen molar-refractivity contribution in [3.05, 3.63) is 34.9 Å². The molecule has 0 spiro atoms. The van der Waals surface area contributed by atoms with Gasteiger partial charge in [-0.25, -0.2) is 15.0 Å². The van der Waals surface area contributed by atoms with Gasteiger partial charge in [0, 0.05) is 13.0 Å². The van der Waals surface area contributed by atoms with Crippen LogP contribution in [0.2, 0.25) is 5.15 Å². The first-order chi connectivity index (χ1) is 9.56. The zero-order chi connectivity index (χ0) is 14.3. The molecule has 0 saturated carbocycles. The summed E-state index contributed by atoms with van der Waals surface area (Å²) in [5.74, 6) is 0.125. The number of anilines is 3. The van der Waals surface area contributed by atoms with Crippen molar-refractivity contribution in [3.8, 4) is 0 Å². The van der Waals surface area contributed by atoms with Gasteiger partial charge < -0.3 is 16.4 Å². The smallest absolute Gasteiger partial charge is 0.280 e. The number of hydrogen-bond donors (Lipinski definition) is 2. The fourth-order valence-corrected chi connectivity index (χ4v) is 2.30. The molecule has 3 heterocycles. The minimum absolute atomic E-state index is 0.0133. The SMILES string of the molecule is Nc1ccc2c(n1)CCN2C(=O)c1ncc(Cl)nc1N. The molecule has 4 N–H and O–H groups in total. The van der Waals surface area contributed by atoms with Crippen molar-refractivity contribution in [1.29, 1.82) is 0 Å². The topological polar surface area (TPSA) is 111 Å². The second-order valence-corrected chi connectivity index (χ2v) is 4.72. The molecular formula is C12H11ClN6O.